The minimum Gasteiger partial charge on any atom is -0.488 e. The van der Waals surface area contributed by atoms with Crippen molar-refractivity contribution >= 4 is 57.3 Å². The second kappa shape index (κ2) is 10.7. The Balaban J connectivity index is 1.46. The Morgan fingerprint density at radius 1 is 1.11 bits per heavy atom. The summed E-state index contributed by atoms with van der Waals surface area (Å²) in [4.78, 5) is 37.1. The van der Waals surface area contributed by atoms with Gasteiger partial charge in [0, 0.05) is 17.7 Å². The molecule has 1 saturated heterocycles. The minimum atomic E-state index is -0.519. The lowest BCUT2D eigenvalue weighted by Gasteiger charge is -2.12. The molecule has 1 aliphatic heterocycles. The van der Waals surface area contributed by atoms with E-state index >= 15 is 0 Å². The van der Waals surface area contributed by atoms with Crippen LogP contribution >= 0.6 is 34.4 Å². The van der Waals surface area contributed by atoms with Gasteiger partial charge in [0.15, 0.2) is 0 Å². The van der Waals surface area contributed by atoms with Gasteiger partial charge >= 0.3 is 0 Å². The first-order valence-corrected chi connectivity index (χ1v) is 12.1. The monoisotopic (exact) mass is 597 g/mol. The van der Waals surface area contributed by atoms with E-state index in [0.29, 0.717) is 16.9 Å². The Morgan fingerprint density at radius 2 is 1.91 bits per heavy atom. The van der Waals surface area contributed by atoms with Crippen LogP contribution < -0.4 is 4.74 Å². The molecule has 35 heavy (non-hydrogen) atoms. The van der Waals surface area contributed by atoms with Crippen molar-refractivity contribution in [2.75, 3.05) is 0 Å². The predicted molar refractivity (Wildman–Crippen MR) is 139 cm³/mol. The fraction of sp³-hybridized carbons (Fsp3) is 0.0800. The summed E-state index contributed by atoms with van der Waals surface area (Å²) in [7, 11) is 0. The fourth-order valence-electron chi connectivity index (χ4n) is 3.37. The number of nitriles is 1. The number of nitro groups is 1. The quantitative estimate of drug-likeness (QED) is 0.145. The number of hydrogen-bond acceptors (Lipinski definition) is 7. The van der Waals surface area contributed by atoms with E-state index in [1.165, 1.54) is 18.2 Å². The molecule has 0 unspecified atom stereocenters. The maximum atomic E-state index is 12.8. The number of nitro benzene ring substituents is 1. The van der Waals surface area contributed by atoms with Crippen molar-refractivity contribution in [2.24, 2.45) is 0 Å². The second-order valence-electron chi connectivity index (χ2n) is 7.44. The Morgan fingerprint density at radius 3 is 2.66 bits per heavy atom. The minimum absolute atomic E-state index is 0.0435. The summed E-state index contributed by atoms with van der Waals surface area (Å²) in [5, 5.41) is 19.8. The third kappa shape index (κ3) is 5.70. The molecule has 2 amide bonds. The zero-order valence-corrected chi connectivity index (χ0v) is 21.0. The number of hydrogen-bond donors (Lipinski definition) is 0. The zero-order chi connectivity index (χ0) is 24.9. The predicted octanol–water partition coefficient (Wildman–Crippen LogP) is 5.89. The van der Waals surface area contributed by atoms with E-state index in [-0.39, 0.29) is 23.7 Å². The lowest BCUT2D eigenvalue weighted by atomic mass is 10.1. The largest absolute Gasteiger partial charge is 0.488 e. The van der Waals surface area contributed by atoms with Crippen LogP contribution in [0.4, 0.5) is 10.5 Å². The first-order valence-electron chi connectivity index (χ1n) is 10.2. The maximum Gasteiger partial charge on any atom is 0.293 e. The summed E-state index contributed by atoms with van der Waals surface area (Å²) in [5.41, 5.74) is 2.46. The van der Waals surface area contributed by atoms with Gasteiger partial charge in [-0.2, -0.15) is 5.26 Å². The van der Waals surface area contributed by atoms with Gasteiger partial charge in [0.2, 0.25) is 0 Å². The number of carbonyl (C=O) groups is 2. The van der Waals surface area contributed by atoms with Crippen LogP contribution in [0.1, 0.15) is 22.3 Å². The summed E-state index contributed by atoms with van der Waals surface area (Å²) < 4.78 is 6.68. The number of ether oxygens (including phenoxy) is 1. The van der Waals surface area contributed by atoms with Gasteiger partial charge in [0.25, 0.3) is 16.8 Å². The number of imide groups is 1. The van der Waals surface area contributed by atoms with Crippen LogP contribution in [0.2, 0.25) is 0 Å². The topological polar surface area (TPSA) is 114 Å². The number of thioether (sulfide) groups is 1. The number of halogens is 1. The van der Waals surface area contributed by atoms with Crippen molar-refractivity contribution < 1.29 is 19.2 Å². The Kier molecular flexibility index (Phi) is 7.48. The SMILES string of the molecule is N#Cc1ccccc1COc1ccc(C=C2SC(=O)N(Cc3cccc([N+](=O)[O-])c3)C2=O)cc1I. The highest BCUT2D eigenvalue weighted by Gasteiger charge is 2.35. The molecule has 4 rings (SSSR count). The van der Waals surface area contributed by atoms with Crippen molar-refractivity contribution in [1.82, 2.24) is 4.90 Å². The first kappa shape index (κ1) is 24.4. The molecule has 3 aromatic carbocycles. The van der Waals surface area contributed by atoms with Crippen LogP contribution in [0, 0.1) is 25.0 Å². The lowest BCUT2D eigenvalue weighted by Crippen LogP contribution is -2.27. The molecule has 1 aliphatic rings. The Labute approximate surface area is 218 Å². The molecule has 3 aromatic rings. The summed E-state index contributed by atoms with van der Waals surface area (Å²) >= 11 is 2.96. The molecule has 1 heterocycles. The normalized spacial score (nSPS) is 14.3. The van der Waals surface area contributed by atoms with Gasteiger partial charge in [-0.05, 0) is 69.8 Å². The molecule has 0 bridgehead atoms. The molecule has 0 aliphatic carbocycles. The van der Waals surface area contributed by atoms with Crippen LogP contribution in [0.25, 0.3) is 6.08 Å². The second-order valence-corrected chi connectivity index (χ2v) is 9.60. The van der Waals surface area contributed by atoms with E-state index < -0.39 is 16.1 Å². The van der Waals surface area contributed by atoms with Crippen molar-refractivity contribution in [3.05, 3.63) is 108 Å². The van der Waals surface area contributed by atoms with E-state index in [9.17, 15) is 25.0 Å². The highest BCUT2D eigenvalue weighted by Crippen LogP contribution is 2.34. The van der Waals surface area contributed by atoms with Crippen molar-refractivity contribution in [3.63, 3.8) is 0 Å². The van der Waals surface area contributed by atoms with Gasteiger partial charge in [-0.3, -0.25) is 24.6 Å². The van der Waals surface area contributed by atoms with Gasteiger partial charge in [-0.15, -0.1) is 0 Å². The number of nitrogens with zero attached hydrogens (tertiary/aromatic N) is 3. The molecular weight excluding hydrogens is 581 g/mol. The third-order valence-corrected chi connectivity index (χ3v) is 6.86. The van der Waals surface area contributed by atoms with Gasteiger partial charge in [-0.25, -0.2) is 0 Å². The molecule has 0 spiro atoms. The first-order chi connectivity index (χ1) is 16.9. The van der Waals surface area contributed by atoms with Gasteiger partial charge in [0.1, 0.15) is 12.4 Å². The van der Waals surface area contributed by atoms with Crippen LogP contribution in [0.3, 0.4) is 0 Å². The number of non-ortho nitro benzene ring substituents is 1. The average molecular weight is 597 g/mol. The zero-order valence-electron chi connectivity index (χ0n) is 18.0. The third-order valence-electron chi connectivity index (χ3n) is 5.11. The molecule has 0 saturated carbocycles. The molecule has 0 atom stereocenters. The maximum absolute atomic E-state index is 12.8. The molecular formula is C25H16IN3O5S. The molecule has 174 valence electrons. The van der Waals surface area contributed by atoms with Gasteiger partial charge in [-0.1, -0.05) is 36.4 Å². The lowest BCUT2D eigenvalue weighted by molar-refractivity contribution is -0.384. The smallest absolute Gasteiger partial charge is 0.293 e. The van der Waals surface area contributed by atoms with E-state index in [1.54, 1.807) is 36.4 Å². The van der Waals surface area contributed by atoms with Crippen molar-refractivity contribution in [1.29, 1.82) is 5.26 Å². The molecule has 10 heteroatoms. The molecule has 0 radical (unpaired) electrons. The van der Waals surface area contributed by atoms with Gasteiger partial charge < -0.3 is 4.74 Å². The molecule has 0 aromatic heterocycles. The summed E-state index contributed by atoms with van der Waals surface area (Å²) in [5.74, 6) is 0.184. The number of rotatable bonds is 7. The van der Waals surface area contributed by atoms with Crippen molar-refractivity contribution in [2.45, 2.75) is 13.2 Å². The Bertz CT molecular complexity index is 1420. The van der Waals surface area contributed by atoms with E-state index in [4.69, 9.17) is 4.74 Å². The Hall–Kier alpha value is -3.69. The van der Waals surface area contributed by atoms with Crippen molar-refractivity contribution in [3.8, 4) is 11.8 Å². The number of amides is 2. The molecule has 1 fully saturated rings. The van der Waals surface area contributed by atoms with Crippen LogP contribution in [-0.2, 0) is 17.9 Å². The van der Waals surface area contributed by atoms with Crippen LogP contribution in [0.15, 0.2) is 71.6 Å². The van der Waals surface area contributed by atoms with Crippen LogP contribution in [0.5, 0.6) is 5.75 Å². The van der Waals surface area contributed by atoms with Crippen LogP contribution in [-0.4, -0.2) is 21.0 Å². The highest BCUT2D eigenvalue weighted by atomic mass is 127. The average Bonchev–Trinajstić information content (AvgIpc) is 3.11. The fourth-order valence-corrected chi connectivity index (χ4v) is 4.91. The van der Waals surface area contributed by atoms with Gasteiger partial charge in [0.05, 0.1) is 31.6 Å². The standard InChI is InChI=1S/C25H16IN3O5S/c26-21-11-16(8-9-22(21)34-15-19-6-2-1-5-18(19)13-27)12-23-24(30)28(25(31)35-23)14-17-4-3-7-20(10-17)29(32)33/h1-12H,14-15H2. The highest BCUT2D eigenvalue weighted by molar-refractivity contribution is 14.1. The molecule has 0 N–H and O–H groups in total. The van der Waals surface area contributed by atoms with E-state index in [0.717, 1.165) is 31.4 Å². The summed E-state index contributed by atoms with van der Waals surface area (Å²) in [6.07, 6.45) is 1.63. The van der Waals surface area contributed by atoms with E-state index in [2.05, 4.69) is 28.7 Å². The summed E-state index contributed by atoms with van der Waals surface area (Å²) in [6.45, 7) is 0.202. The molecule has 8 nitrogen and oxygen atoms in total. The number of benzene rings is 3. The summed E-state index contributed by atoms with van der Waals surface area (Å²) in [6, 6.07) is 20.6. The van der Waals surface area contributed by atoms with E-state index in [1.807, 2.05) is 18.2 Å². The number of carbonyl (C=O) groups excluding carboxylic acids is 2.